The molecule has 0 N–H and O–H groups in total. The molecule has 0 bridgehead atoms. The molecule has 0 heterocycles. The second-order valence-electron chi connectivity index (χ2n) is 1.21. The number of hydrogen-bond donors (Lipinski definition) is 0. The Morgan fingerprint density at radius 2 is 2.00 bits per heavy atom. The van der Waals surface area contributed by atoms with Crippen LogP contribution in [0.4, 0.5) is 0 Å². The van der Waals surface area contributed by atoms with Crippen molar-refractivity contribution >= 4 is 0 Å². The zero-order valence-electron chi connectivity index (χ0n) is 4.33. The van der Waals surface area contributed by atoms with Crippen molar-refractivity contribution in [2.75, 3.05) is 0 Å². The van der Waals surface area contributed by atoms with E-state index in [1.807, 2.05) is 0 Å². The van der Waals surface area contributed by atoms with E-state index in [9.17, 15) is 0 Å². The fourth-order valence-corrected chi connectivity index (χ4v) is 0.250. The van der Waals surface area contributed by atoms with Gasteiger partial charge in [-0.05, 0) is 0 Å². The molecule has 1 heteroatoms. The first-order valence-electron chi connectivity index (χ1n) is 2.21. The van der Waals surface area contributed by atoms with Crippen LogP contribution in [0, 0.1) is 6.92 Å². The SMILES string of the molecule is [CH2-]CCCC.[Zr]. The van der Waals surface area contributed by atoms with E-state index < -0.39 is 0 Å². The van der Waals surface area contributed by atoms with E-state index >= 15 is 0 Å². The zero-order valence-corrected chi connectivity index (χ0v) is 6.79. The van der Waals surface area contributed by atoms with Gasteiger partial charge in [0.1, 0.15) is 0 Å². The monoisotopic (exact) mass is 161 g/mol. The molecule has 0 amide bonds. The van der Waals surface area contributed by atoms with Crippen molar-refractivity contribution in [3.63, 3.8) is 0 Å². The van der Waals surface area contributed by atoms with Gasteiger partial charge in [0.15, 0.2) is 0 Å². The molecule has 0 aliphatic heterocycles. The van der Waals surface area contributed by atoms with E-state index in [1.54, 1.807) is 0 Å². The van der Waals surface area contributed by atoms with Crippen LogP contribution in [0.25, 0.3) is 0 Å². The van der Waals surface area contributed by atoms with Gasteiger partial charge >= 0.3 is 0 Å². The third kappa shape index (κ3) is 8.86. The van der Waals surface area contributed by atoms with Crippen LogP contribution in [0.1, 0.15) is 26.2 Å². The normalized spacial score (nSPS) is 7.00. The zero-order chi connectivity index (χ0) is 4.12. The summed E-state index contributed by atoms with van der Waals surface area (Å²) in [4.78, 5) is 0. The van der Waals surface area contributed by atoms with E-state index in [0.717, 1.165) is 6.42 Å². The van der Waals surface area contributed by atoms with Gasteiger partial charge in [-0.1, -0.05) is 19.8 Å². The molecule has 0 aromatic heterocycles. The molecule has 0 fully saturated rings. The average Bonchev–Trinajstić information content (AvgIpc) is 1.41. The Hall–Kier alpha value is 0.883. The molecule has 0 nitrogen and oxygen atoms in total. The second-order valence-corrected chi connectivity index (χ2v) is 1.21. The van der Waals surface area contributed by atoms with Crippen LogP contribution in [0.15, 0.2) is 0 Å². The van der Waals surface area contributed by atoms with Gasteiger partial charge in [0.05, 0.1) is 0 Å². The second kappa shape index (κ2) is 9.30. The van der Waals surface area contributed by atoms with Crippen molar-refractivity contribution in [2.24, 2.45) is 0 Å². The van der Waals surface area contributed by atoms with Crippen LogP contribution >= 0.6 is 0 Å². The van der Waals surface area contributed by atoms with Crippen LogP contribution in [0.2, 0.25) is 0 Å². The van der Waals surface area contributed by atoms with Crippen molar-refractivity contribution < 1.29 is 26.2 Å². The first kappa shape index (κ1) is 9.99. The van der Waals surface area contributed by atoms with Crippen molar-refractivity contribution in [1.29, 1.82) is 0 Å². The van der Waals surface area contributed by atoms with E-state index in [0.29, 0.717) is 0 Å². The molecular weight excluding hydrogens is 151 g/mol. The molecule has 36 valence electrons. The van der Waals surface area contributed by atoms with Gasteiger partial charge in [0.2, 0.25) is 0 Å². The van der Waals surface area contributed by atoms with Gasteiger partial charge in [-0.25, -0.2) is 0 Å². The van der Waals surface area contributed by atoms with Crippen LogP contribution < -0.4 is 0 Å². The third-order valence-corrected chi connectivity index (χ3v) is 0.604. The molecule has 0 saturated heterocycles. The van der Waals surface area contributed by atoms with Crippen molar-refractivity contribution in [3.8, 4) is 0 Å². The topological polar surface area (TPSA) is 0 Å². The predicted octanol–water partition coefficient (Wildman–Crippen LogP) is 2.01. The molecule has 0 radical (unpaired) electrons. The summed E-state index contributed by atoms with van der Waals surface area (Å²) in [6, 6.07) is 0. The van der Waals surface area contributed by atoms with E-state index in [2.05, 4.69) is 13.8 Å². The largest absolute Gasteiger partial charge is 0.343 e. The average molecular weight is 162 g/mol. The van der Waals surface area contributed by atoms with Gasteiger partial charge in [-0.3, -0.25) is 0 Å². The van der Waals surface area contributed by atoms with Crippen molar-refractivity contribution in [3.05, 3.63) is 6.92 Å². The van der Waals surface area contributed by atoms with E-state index in [1.165, 1.54) is 12.8 Å². The molecule has 0 aromatic rings. The molecule has 0 unspecified atom stereocenters. The Bertz CT molecular complexity index is 11.4. The van der Waals surface area contributed by atoms with Crippen LogP contribution in [-0.4, -0.2) is 0 Å². The summed E-state index contributed by atoms with van der Waals surface area (Å²) in [5, 5.41) is 0. The summed E-state index contributed by atoms with van der Waals surface area (Å²) in [7, 11) is 0. The first-order valence-corrected chi connectivity index (χ1v) is 2.21. The van der Waals surface area contributed by atoms with E-state index in [4.69, 9.17) is 0 Å². The Morgan fingerprint density at radius 3 is 2.00 bits per heavy atom. The number of unbranched alkanes of at least 4 members (excludes halogenated alkanes) is 2. The minimum Gasteiger partial charge on any atom is -0.343 e. The molecule has 0 aliphatic rings. The van der Waals surface area contributed by atoms with Gasteiger partial charge in [-0.2, -0.15) is 6.42 Å². The predicted molar refractivity (Wildman–Crippen MR) is 24.9 cm³/mol. The van der Waals surface area contributed by atoms with Gasteiger partial charge in [-0.15, -0.1) is 0 Å². The van der Waals surface area contributed by atoms with E-state index in [-0.39, 0.29) is 26.2 Å². The Morgan fingerprint density at radius 1 is 1.50 bits per heavy atom. The Kier molecular flexibility index (Phi) is 15.5. The summed E-state index contributed by atoms with van der Waals surface area (Å²) in [6.45, 7) is 5.85. The molecule has 0 atom stereocenters. The number of hydrogen-bond acceptors (Lipinski definition) is 0. The third-order valence-electron chi connectivity index (χ3n) is 0.604. The molecule has 0 rings (SSSR count). The maximum atomic E-state index is 3.68. The van der Waals surface area contributed by atoms with Crippen LogP contribution in [0.5, 0.6) is 0 Å². The summed E-state index contributed by atoms with van der Waals surface area (Å²) >= 11 is 0. The van der Waals surface area contributed by atoms with Gasteiger partial charge in [0, 0.05) is 26.2 Å². The summed E-state index contributed by atoms with van der Waals surface area (Å²) in [5.41, 5.74) is 0. The van der Waals surface area contributed by atoms with Crippen molar-refractivity contribution in [2.45, 2.75) is 26.2 Å². The summed E-state index contributed by atoms with van der Waals surface area (Å²) in [5.74, 6) is 0. The molecule has 6 heavy (non-hydrogen) atoms. The summed E-state index contributed by atoms with van der Waals surface area (Å²) < 4.78 is 0. The minimum absolute atomic E-state index is 0. The van der Waals surface area contributed by atoms with Crippen molar-refractivity contribution in [1.82, 2.24) is 0 Å². The van der Waals surface area contributed by atoms with Gasteiger partial charge < -0.3 is 6.92 Å². The Balaban J connectivity index is 0. The molecule has 0 aliphatic carbocycles. The first-order chi connectivity index (χ1) is 2.41. The number of rotatable bonds is 2. The van der Waals surface area contributed by atoms with Gasteiger partial charge in [0.25, 0.3) is 0 Å². The molecule has 0 spiro atoms. The molecular formula is C5H11Zr-. The summed E-state index contributed by atoms with van der Waals surface area (Å²) in [6.07, 6.45) is 3.65. The smallest absolute Gasteiger partial charge is 0 e. The van der Waals surface area contributed by atoms with Crippen LogP contribution in [0.3, 0.4) is 0 Å². The minimum atomic E-state index is 0. The quantitative estimate of drug-likeness (QED) is 0.545. The maximum absolute atomic E-state index is 3.68. The molecule has 0 saturated carbocycles. The molecule has 0 aromatic carbocycles. The Labute approximate surface area is 59.4 Å². The standard InChI is InChI=1S/C5H11.Zr/c1-3-5-4-2;/h1,3-5H2,2H3;/q-1;. The fourth-order valence-electron chi connectivity index (χ4n) is 0.250. The van der Waals surface area contributed by atoms with Crippen LogP contribution in [-0.2, 0) is 26.2 Å². The maximum Gasteiger partial charge on any atom is 0 e. The fraction of sp³-hybridized carbons (Fsp3) is 0.800.